The highest BCUT2D eigenvalue weighted by Gasteiger charge is 2.08. The summed E-state index contributed by atoms with van der Waals surface area (Å²) in [6, 6.07) is 14.2. The van der Waals surface area contributed by atoms with E-state index in [-0.39, 0.29) is 23.0 Å². The number of anilines is 1. The van der Waals surface area contributed by atoms with Crippen molar-refractivity contribution in [2.75, 3.05) is 12.4 Å². The van der Waals surface area contributed by atoms with Crippen molar-refractivity contribution in [1.29, 1.82) is 0 Å². The Bertz CT molecular complexity index is 877. The molecule has 2 aromatic rings. The SMILES string of the molecule is COc1ccc(/C=C/C(=O)NC(=S)Nc2cccc(C(=O)NC(C)C)c2)cc1. The summed E-state index contributed by atoms with van der Waals surface area (Å²) >= 11 is 5.16. The van der Waals surface area contributed by atoms with E-state index in [4.69, 9.17) is 17.0 Å². The van der Waals surface area contributed by atoms with Gasteiger partial charge in [-0.3, -0.25) is 14.9 Å². The van der Waals surface area contributed by atoms with Gasteiger partial charge in [-0.2, -0.15) is 0 Å². The average molecular weight is 398 g/mol. The monoisotopic (exact) mass is 397 g/mol. The number of ether oxygens (including phenoxy) is 1. The molecular weight excluding hydrogens is 374 g/mol. The number of benzene rings is 2. The second-order valence-electron chi connectivity index (χ2n) is 6.26. The van der Waals surface area contributed by atoms with Gasteiger partial charge < -0.3 is 15.4 Å². The van der Waals surface area contributed by atoms with Gasteiger partial charge in [-0.1, -0.05) is 18.2 Å². The van der Waals surface area contributed by atoms with Crippen LogP contribution in [0.1, 0.15) is 29.8 Å². The van der Waals surface area contributed by atoms with Crippen molar-refractivity contribution in [2.45, 2.75) is 19.9 Å². The maximum absolute atomic E-state index is 12.1. The van der Waals surface area contributed by atoms with Crippen molar-refractivity contribution in [3.63, 3.8) is 0 Å². The molecule has 7 heteroatoms. The van der Waals surface area contributed by atoms with Crippen molar-refractivity contribution in [3.05, 3.63) is 65.7 Å². The van der Waals surface area contributed by atoms with E-state index in [2.05, 4.69) is 16.0 Å². The highest BCUT2D eigenvalue weighted by atomic mass is 32.1. The summed E-state index contributed by atoms with van der Waals surface area (Å²) in [6.45, 7) is 3.79. The third kappa shape index (κ3) is 6.85. The third-order valence-electron chi connectivity index (χ3n) is 3.58. The maximum Gasteiger partial charge on any atom is 0.251 e. The number of thiocarbonyl (C=S) groups is 1. The molecule has 0 bridgehead atoms. The van der Waals surface area contributed by atoms with Gasteiger partial charge in [-0.05, 0) is 68.0 Å². The molecule has 3 N–H and O–H groups in total. The molecule has 0 aliphatic heterocycles. The number of hydrogen-bond donors (Lipinski definition) is 3. The summed E-state index contributed by atoms with van der Waals surface area (Å²) in [5.41, 5.74) is 1.98. The van der Waals surface area contributed by atoms with E-state index in [1.54, 1.807) is 37.5 Å². The molecule has 0 radical (unpaired) electrons. The van der Waals surface area contributed by atoms with Gasteiger partial charge in [0, 0.05) is 23.4 Å². The molecule has 0 saturated carbocycles. The zero-order valence-electron chi connectivity index (χ0n) is 16.0. The number of carbonyl (C=O) groups is 2. The van der Waals surface area contributed by atoms with Crippen LogP contribution in [0.4, 0.5) is 5.69 Å². The first-order valence-corrected chi connectivity index (χ1v) is 9.13. The van der Waals surface area contributed by atoms with E-state index >= 15 is 0 Å². The second kappa shape index (κ2) is 10.2. The van der Waals surface area contributed by atoms with Crippen molar-refractivity contribution in [2.24, 2.45) is 0 Å². The van der Waals surface area contributed by atoms with E-state index in [0.717, 1.165) is 11.3 Å². The van der Waals surface area contributed by atoms with Crippen molar-refractivity contribution in [1.82, 2.24) is 10.6 Å². The van der Waals surface area contributed by atoms with E-state index in [0.29, 0.717) is 11.3 Å². The fourth-order valence-corrected chi connectivity index (χ4v) is 2.50. The minimum Gasteiger partial charge on any atom is -0.497 e. The Balaban J connectivity index is 1.91. The number of amides is 2. The van der Waals surface area contributed by atoms with Crippen LogP contribution < -0.4 is 20.7 Å². The zero-order valence-corrected chi connectivity index (χ0v) is 16.8. The highest BCUT2D eigenvalue weighted by molar-refractivity contribution is 7.80. The van der Waals surface area contributed by atoms with Gasteiger partial charge in [0.2, 0.25) is 5.91 Å². The number of rotatable bonds is 6. The Morgan fingerprint density at radius 3 is 2.46 bits per heavy atom. The summed E-state index contributed by atoms with van der Waals surface area (Å²) in [7, 11) is 1.60. The van der Waals surface area contributed by atoms with Gasteiger partial charge in [-0.25, -0.2) is 0 Å². The van der Waals surface area contributed by atoms with Gasteiger partial charge in [0.05, 0.1) is 7.11 Å². The molecule has 6 nitrogen and oxygen atoms in total. The molecule has 0 atom stereocenters. The standard InChI is InChI=1S/C21H23N3O3S/c1-14(2)22-20(26)16-5-4-6-17(13-16)23-21(28)24-19(25)12-9-15-7-10-18(27-3)11-8-15/h4-14H,1-3H3,(H,22,26)(H2,23,24,25,28)/b12-9+. The van der Waals surface area contributed by atoms with Crippen LogP contribution >= 0.6 is 12.2 Å². The molecule has 28 heavy (non-hydrogen) atoms. The van der Waals surface area contributed by atoms with E-state index < -0.39 is 0 Å². The normalized spacial score (nSPS) is 10.6. The molecule has 2 aromatic carbocycles. The first-order chi connectivity index (χ1) is 13.4. The number of nitrogens with one attached hydrogen (secondary N) is 3. The van der Waals surface area contributed by atoms with Gasteiger partial charge in [0.1, 0.15) is 5.75 Å². The van der Waals surface area contributed by atoms with Crippen LogP contribution in [0.2, 0.25) is 0 Å². The molecule has 0 fully saturated rings. The van der Waals surface area contributed by atoms with Crippen LogP contribution in [0, 0.1) is 0 Å². The molecule has 0 aliphatic carbocycles. The van der Waals surface area contributed by atoms with E-state index in [1.165, 1.54) is 6.08 Å². The second-order valence-corrected chi connectivity index (χ2v) is 6.67. The zero-order chi connectivity index (χ0) is 20.5. The Morgan fingerprint density at radius 1 is 1.11 bits per heavy atom. The number of hydrogen-bond acceptors (Lipinski definition) is 4. The Morgan fingerprint density at radius 2 is 1.82 bits per heavy atom. The summed E-state index contributed by atoms with van der Waals surface area (Å²) in [5.74, 6) is 0.217. The van der Waals surface area contributed by atoms with Gasteiger partial charge in [-0.15, -0.1) is 0 Å². The minimum atomic E-state index is -0.359. The lowest BCUT2D eigenvalue weighted by atomic mass is 10.2. The number of methoxy groups -OCH3 is 1. The van der Waals surface area contributed by atoms with Crippen molar-refractivity contribution in [3.8, 4) is 5.75 Å². The molecule has 0 spiro atoms. The van der Waals surface area contributed by atoms with Gasteiger partial charge in [0.15, 0.2) is 5.11 Å². The largest absolute Gasteiger partial charge is 0.497 e. The van der Waals surface area contributed by atoms with Crippen LogP contribution in [0.3, 0.4) is 0 Å². The summed E-state index contributed by atoms with van der Waals surface area (Å²) < 4.78 is 5.09. The maximum atomic E-state index is 12.1. The van der Waals surface area contributed by atoms with E-state index in [9.17, 15) is 9.59 Å². The Hall–Kier alpha value is -3.19. The van der Waals surface area contributed by atoms with Crippen molar-refractivity contribution >= 4 is 40.9 Å². The van der Waals surface area contributed by atoms with Crippen LogP contribution in [0.15, 0.2) is 54.6 Å². The van der Waals surface area contributed by atoms with Crippen LogP contribution in [-0.2, 0) is 4.79 Å². The summed E-state index contributed by atoms with van der Waals surface area (Å²) in [4.78, 5) is 24.1. The van der Waals surface area contributed by atoms with Crippen LogP contribution in [0.25, 0.3) is 6.08 Å². The molecule has 0 saturated heterocycles. The van der Waals surface area contributed by atoms with Gasteiger partial charge in [0.25, 0.3) is 5.91 Å². The van der Waals surface area contributed by atoms with Crippen LogP contribution in [0.5, 0.6) is 5.75 Å². The minimum absolute atomic E-state index is 0.0435. The quantitative estimate of drug-likeness (QED) is 0.515. The Kier molecular flexibility index (Phi) is 7.71. The Labute approximate surface area is 170 Å². The lowest BCUT2D eigenvalue weighted by Crippen LogP contribution is -2.33. The topological polar surface area (TPSA) is 79.5 Å². The predicted molar refractivity (Wildman–Crippen MR) is 115 cm³/mol. The van der Waals surface area contributed by atoms with Crippen molar-refractivity contribution < 1.29 is 14.3 Å². The molecule has 0 heterocycles. The molecule has 0 unspecified atom stereocenters. The summed E-state index contributed by atoms with van der Waals surface area (Å²) in [6.07, 6.45) is 3.07. The molecular formula is C21H23N3O3S. The molecule has 2 amide bonds. The predicted octanol–water partition coefficient (Wildman–Crippen LogP) is 3.36. The lowest BCUT2D eigenvalue weighted by molar-refractivity contribution is -0.115. The first-order valence-electron chi connectivity index (χ1n) is 8.72. The van der Waals surface area contributed by atoms with Crippen LogP contribution in [-0.4, -0.2) is 30.1 Å². The highest BCUT2D eigenvalue weighted by Crippen LogP contribution is 2.12. The smallest absolute Gasteiger partial charge is 0.251 e. The molecule has 2 rings (SSSR count). The van der Waals surface area contributed by atoms with E-state index in [1.807, 2.05) is 38.1 Å². The number of carbonyl (C=O) groups excluding carboxylic acids is 2. The lowest BCUT2D eigenvalue weighted by Gasteiger charge is -2.11. The molecule has 0 aliphatic rings. The first kappa shape index (κ1) is 21.1. The third-order valence-corrected chi connectivity index (χ3v) is 3.79. The average Bonchev–Trinajstić information content (AvgIpc) is 2.66. The molecule has 146 valence electrons. The molecule has 0 aromatic heterocycles. The fourth-order valence-electron chi connectivity index (χ4n) is 2.29. The van der Waals surface area contributed by atoms with Gasteiger partial charge >= 0.3 is 0 Å². The fraction of sp³-hybridized carbons (Fsp3) is 0.190. The summed E-state index contributed by atoms with van der Waals surface area (Å²) in [5, 5.41) is 8.44.